The summed E-state index contributed by atoms with van der Waals surface area (Å²) in [7, 11) is 0. The van der Waals surface area contributed by atoms with E-state index in [1.54, 1.807) is 0 Å². The van der Waals surface area contributed by atoms with Crippen LogP contribution in [0.25, 0.3) is 33.3 Å². The second-order valence-electron chi connectivity index (χ2n) is 9.99. The molecule has 256 valence electrons. The first-order valence-electron chi connectivity index (χ1n) is 15.7. The third-order valence-electron chi connectivity index (χ3n) is 6.70. The lowest BCUT2D eigenvalue weighted by Crippen LogP contribution is -2.13. The van der Waals surface area contributed by atoms with Crippen LogP contribution in [0.4, 0.5) is 0 Å². The largest absolute Gasteiger partial charge is 0.491 e. The van der Waals surface area contributed by atoms with Gasteiger partial charge in [-0.25, -0.2) is 0 Å². The number of aromatic nitrogens is 2. The van der Waals surface area contributed by atoms with Crippen LogP contribution in [-0.2, 0) is 28.4 Å². The van der Waals surface area contributed by atoms with Gasteiger partial charge in [0.2, 0.25) is 0 Å². The van der Waals surface area contributed by atoms with Crippen molar-refractivity contribution in [3.05, 3.63) is 60.7 Å². The Morgan fingerprint density at radius 2 is 0.723 bits per heavy atom. The van der Waals surface area contributed by atoms with Crippen molar-refractivity contribution in [3.63, 3.8) is 0 Å². The molecule has 0 bridgehead atoms. The SMILES string of the molecule is OCCOCCOCCOCCOc1ccc(-c2ccc(-c3ccc(OCCOCCOCCOCCO)cc3)c3nsnc23)cc1. The molecule has 0 saturated carbocycles. The van der Waals surface area contributed by atoms with Gasteiger partial charge in [0.25, 0.3) is 0 Å². The zero-order chi connectivity index (χ0) is 32.8. The highest BCUT2D eigenvalue weighted by Gasteiger charge is 2.14. The normalized spacial score (nSPS) is 11.4. The molecular weight excluding hydrogens is 628 g/mol. The van der Waals surface area contributed by atoms with Gasteiger partial charge in [0, 0.05) is 11.1 Å². The highest BCUT2D eigenvalue weighted by molar-refractivity contribution is 7.00. The van der Waals surface area contributed by atoms with E-state index in [-0.39, 0.29) is 13.2 Å². The van der Waals surface area contributed by atoms with Gasteiger partial charge in [0.1, 0.15) is 35.7 Å². The molecule has 2 N–H and O–H groups in total. The van der Waals surface area contributed by atoms with E-state index in [1.165, 1.54) is 11.7 Å². The smallest absolute Gasteiger partial charge is 0.119 e. The predicted molar refractivity (Wildman–Crippen MR) is 178 cm³/mol. The van der Waals surface area contributed by atoms with Gasteiger partial charge in [0.05, 0.1) is 104 Å². The molecule has 0 saturated heterocycles. The summed E-state index contributed by atoms with van der Waals surface area (Å²) in [6, 6.07) is 20.0. The van der Waals surface area contributed by atoms with Gasteiger partial charge in [-0.2, -0.15) is 8.75 Å². The quantitative estimate of drug-likeness (QED) is 0.0937. The van der Waals surface area contributed by atoms with E-state index in [4.69, 9.17) is 48.1 Å². The maximum Gasteiger partial charge on any atom is 0.119 e. The molecule has 0 aliphatic rings. The first kappa shape index (κ1) is 36.6. The molecule has 4 aromatic rings. The Kier molecular flexibility index (Phi) is 17.4. The molecule has 3 aromatic carbocycles. The Morgan fingerprint density at radius 3 is 1.06 bits per heavy atom. The van der Waals surface area contributed by atoms with E-state index in [0.717, 1.165) is 44.8 Å². The molecule has 1 aromatic heterocycles. The summed E-state index contributed by atoms with van der Waals surface area (Å²) in [6.07, 6.45) is 0. The average molecular weight is 673 g/mol. The fourth-order valence-electron chi connectivity index (χ4n) is 4.44. The third-order valence-corrected chi connectivity index (χ3v) is 7.23. The number of aliphatic hydroxyl groups is 2. The lowest BCUT2D eigenvalue weighted by molar-refractivity contribution is 0.00361. The molecule has 0 aliphatic carbocycles. The molecule has 1 heterocycles. The molecule has 13 heteroatoms. The van der Waals surface area contributed by atoms with Crippen molar-refractivity contribution in [1.82, 2.24) is 8.75 Å². The first-order chi connectivity index (χ1) is 23.3. The molecule has 4 rings (SSSR count). The minimum atomic E-state index is 0.0163. The van der Waals surface area contributed by atoms with E-state index in [9.17, 15) is 0 Å². The molecule has 0 unspecified atom stereocenters. The van der Waals surface area contributed by atoms with Crippen LogP contribution in [0.3, 0.4) is 0 Å². The second kappa shape index (κ2) is 22.4. The number of nitrogens with zero attached hydrogens (tertiary/aromatic N) is 2. The Bertz CT molecular complexity index is 1280. The number of hydrogen-bond donors (Lipinski definition) is 2. The number of ether oxygens (including phenoxy) is 8. The van der Waals surface area contributed by atoms with Crippen molar-refractivity contribution in [2.24, 2.45) is 0 Å². The first-order valence-corrected chi connectivity index (χ1v) is 16.4. The van der Waals surface area contributed by atoms with Gasteiger partial charge in [-0.15, -0.1) is 0 Å². The monoisotopic (exact) mass is 672 g/mol. The Balaban J connectivity index is 1.18. The van der Waals surface area contributed by atoms with Crippen LogP contribution in [0.2, 0.25) is 0 Å². The minimum Gasteiger partial charge on any atom is -0.491 e. The molecule has 0 spiro atoms. The van der Waals surface area contributed by atoms with Crippen LogP contribution < -0.4 is 9.47 Å². The number of benzene rings is 3. The standard InChI is InChI=1S/C34H44N2O10S/c37-11-13-39-15-17-41-19-21-43-23-25-45-29-5-1-27(2-6-29)31-9-10-32(34-33(31)35-47-36-34)28-3-7-30(8-4-28)46-26-24-44-22-20-42-18-16-40-14-12-38/h1-10,37-38H,11-26H2. The van der Waals surface area contributed by atoms with Crippen molar-refractivity contribution in [2.75, 3.05) is 106 Å². The molecule has 0 aliphatic heterocycles. The summed E-state index contributed by atoms with van der Waals surface area (Å²) in [5.41, 5.74) is 5.79. The summed E-state index contributed by atoms with van der Waals surface area (Å²) >= 11 is 1.20. The van der Waals surface area contributed by atoms with Gasteiger partial charge in [-0.05, 0) is 35.4 Å². The number of hydrogen-bond acceptors (Lipinski definition) is 13. The second-order valence-corrected chi connectivity index (χ2v) is 10.5. The molecule has 0 amide bonds. The fraction of sp³-hybridized carbons (Fsp3) is 0.471. The Hall–Kier alpha value is -3.24. The van der Waals surface area contributed by atoms with E-state index in [2.05, 4.69) is 20.9 Å². The topological polar surface area (TPSA) is 140 Å². The summed E-state index contributed by atoms with van der Waals surface area (Å²) in [4.78, 5) is 0. The van der Waals surface area contributed by atoms with Crippen LogP contribution in [-0.4, -0.2) is 125 Å². The molecule has 0 atom stereocenters. The van der Waals surface area contributed by atoms with Crippen molar-refractivity contribution in [3.8, 4) is 33.8 Å². The molecule has 0 fully saturated rings. The van der Waals surface area contributed by atoms with Crippen LogP contribution in [0.15, 0.2) is 60.7 Å². The maximum atomic E-state index is 8.66. The lowest BCUT2D eigenvalue weighted by Gasteiger charge is -2.11. The summed E-state index contributed by atoms with van der Waals surface area (Å²) in [5, 5.41) is 17.3. The van der Waals surface area contributed by atoms with E-state index >= 15 is 0 Å². The molecule has 0 radical (unpaired) electrons. The number of rotatable bonds is 26. The fourth-order valence-corrected chi connectivity index (χ4v) is 5.02. The average Bonchev–Trinajstić information content (AvgIpc) is 3.60. The van der Waals surface area contributed by atoms with E-state index < -0.39 is 0 Å². The van der Waals surface area contributed by atoms with Crippen molar-refractivity contribution in [1.29, 1.82) is 0 Å². The van der Waals surface area contributed by atoms with Crippen LogP contribution in [0, 0.1) is 0 Å². The summed E-state index contributed by atoms with van der Waals surface area (Å²) in [5.74, 6) is 1.53. The molecule has 12 nitrogen and oxygen atoms in total. The van der Waals surface area contributed by atoms with Crippen molar-refractivity contribution >= 4 is 22.8 Å². The molecule has 47 heavy (non-hydrogen) atoms. The van der Waals surface area contributed by atoms with E-state index in [0.29, 0.717) is 92.5 Å². The van der Waals surface area contributed by atoms with Crippen molar-refractivity contribution in [2.45, 2.75) is 0 Å². The lowest BCUT2D eigenvalue weighted by atomic mass is 9.98. The van der Waals surface area contributed by atoms with Gasteiger partial charge in [-0.3, -0.25) is 0 Å². The third kappa shape index (κ3) is 13.1. The van der Waals surface area contributed by atoms with Crippen LogP contribution >= 0.6 is 11.7 Å². The van der Waals surface area contributed by atoms with Crippen LogP contribution in [0.5, 0.6) is 11.5 Å². The zero-order valence-corrected chi connectivity index (χ0v) is 27.4. The van der Waals surface area contributed by atoms with E-state index in [1.807, 2.05) is 48.5 Å². The maximum absolute atomic E-state index is 8.66. The number of fused-ring (bicyclic) bond motifs is 1. The highest BCUT2D eigenvalue weighted by Crippen LogP contribution is 2.35. The van der Waals surface area contributed by atoms with Crippen LogP contribution in [0.1, 0.15) is 0 Å². The highest BCUT2D eigenvalue weighted by atomic mass is 32.1. The number of aliphatic hydroxyl groups excluding tert-OH is 2. The van der Waals surface area contributed by atoms with Gasteiger partial charge >= 0.3 is 0 Å². The van der Waals surface area contributed by atoms with Gasteiger partial charge < -0.3 is 48.1 Å². The predicted octanol–water partition coefficient (Wildman–Crippen LogP) is 3.87. The summed E-state index contributed by atoms with van der Waals surface area (Å²) in [6.45, 7) is 6.26. The summed E-state index contributed by atoms with van der Waals surface area (Å²) < 4.78 is 53.0. The molecular formula is C34H44N2O10S. The van der Waals surface area contributed by atoms with Gasteiger partial charge in [0.15, 0.2) is 0 Å². The Morgan fingerprint density at radius 1 is 0.404 bits per heavy atom. The zero-order valence-electron chi connectivity index (χ0n) is 26.6. The Labute approximate surface area is 279 Å². The minimum absolute atomic E-state index is 0.0163. The van der Waals surface area contributed by atoms with Gasteiger partial charge in [-0.1, -0.05) is 36.4 Å². The van der Waals surface area contributed by atoms with Crippen molar-refractivity contribution < 1.29 is 48.1 Å².